The summed E-state index contributed by atoms with van der Waals surface area (Å²) >= 11 is 17.7. The number of ether oxygens (including phenoxy) is 1. The molecule has 0 saturated heterocycles. The van der Waals surface area contributed by atoms with Crippen LogP contribution in [-0.4, -0.2) is 24.6 Å². The first-order chi connectivity index (χ1) is 14.9. The van der Waals surface area contributed by atoms with Crippen LogP contribution >= 0.6 is 34.8 Å². The average Bonchev–Trinajstić information content (AvgIpc) is 2.75. The topological polar surface area (TPSA) is 79.8 Å². The highest BCUT2D eigenvalue weighted by molar-refractivity contribution is 6.31. The first-order valence-electron chi connectivity index (χ1n) is 8.97. The van der Waals surface area contributed by atoms with E-state index >= 15 is 0 Å². The Labute approximate surface area is 193 Å². The van der Waals surface area contributed by atoms with Gasteiger partial charge in [0.1, 0.15) is 5.75 Å². The number of anilines is 1. The Morgan fingerprint density at radius 3 is 2.16 bits per heavy atom. The molecule has 0 aliphatic carbocycles. The number of halogens is 3. The molecule has 0 heterocycles. The van der Waals surface area contributed by atoms with Gasteiger partial charge in [-0.1, -0.05) is 34.8 Å². The summed E-state index contributed by atoms with van der Waals surface area (Å²) in [6, 6.07) is 17.9. The van der Waals surface area contributed by atoms with Gasteiger partial charge < -0.3 is 10.1 Å². The molecule has 31 heavy (non-hydrogen) atoms. The number of carbonyl (C=O) groups excluding carboxylic acids is 2. The van der Waals surface area contributed by atoms with E-state index in [1.54, 1.807) is 66.7 Å². The normalized spacial score (nSPS) is 10.7. The highest BCUT2D eigenvalue weighted by atomic mass is 35.5. The summed E-state index contributed by atoms with van der Waals surface area (Å²) in [5.74, 6) is -0.379. The van der Waals surface area contributed by atoms with E-state index in [0.29, 0.717) is 37.6 Å². The Kier molecular flexibility index (Phi) is 7.89. The smallest absolute Gasteiger partial charge is 0.271 e. The van der Waals surface area contributed by atoms with Gasteiger partial charge in [-0.2, -0.15) is 5.10 Å². The molecular weight excluding hydrogens is 461 g/mol. The van der Waals surface area contributed by atoms with E-state index in [2.05, 4.69) is 15.8 Å². The van der Waals surface area contributed by atoms with E-state index in [0.717, 1.165) is 0 Å². The fourth-order valence-corrected chi connectivity index (χ4v) is 2.88. The lowest BCUT2D eigenvalue weighted by Crippen LogP contribution is -2.20. The van der Waals surface area contributed by atoms with E-state index in [-0.39, 0.29) is 12.5 Å². The number of benzene rings is 3. The van der Waals surface area contributed by atoms with Crippen LogP contribution in [-0.2, 0) is 4.79 Å². The number of amides is 2. The SMILES string of the molecule is O=C(COc1ccc(Cl)cc1/C=N/NC(=O)c1ccc(Cl)cc1)Nc1ccc(Cl)cc1. The minimum atomic E-state index is -0.403. The highest BCUT2D eigenvalue weighted by Gasteiger charge is 2.08. The van der Waals surface area contributed by atoms with Gasteiger partial charge in [-0.15, -0.1) is 0 Å². The summed E-state index contributed by atoms with van der Waals surface area (Å²) in [7, 11) is 0. The molecule has 6 nitrogen and oxygen atoms in total. The summed E-state index contributed by atoms with van der Waals surface area (Å²) in [5, 5.41) is 8.19. The van der Waals surface area contributed by atoms with E-state index in [1.165, 1.54) is 6.21 Å². The molecule has 3 rings (SSSR count). The van der Waals surface area contributed by atoms with Crippen LogP contribution in [0.15, 0.2) is 71.8 Å². The molecule has 0 radical (unpaired) electrons. The maximum Gasteiger partial charge on any atom is 0.271 e. The summed E-state index contributed by atoms with van der Waals surface area (Å²) in [6.45, 7) is -0.234. The molecule has 0 fully saturated rings. The van der Waals surface area contributed by atoms with Crippen LogP contribution < -0.4 is 15.5 Å². The molecule has 0 spiro atoms. The fraction of sp³-hybridized carbons (Fsp3) is 0.0455. The second-order valence-electron chi connectivity index (χ2n) is 6.23. The standard InChI is InChI=1S/C22H16Cl3N3O3/c23-16-3-1-14(2-4-16)22(30)28-26-12-15-11-18(25)7-10-20(15)31-13-21(29)27-19-8-5-17(24)6-9-19/h1-12H,13H2,(H,27,29)(H,28,30)/b26-12+. The molecule has 9 heteroatoms. The van der Waals surface area contributed by atoms with Crippen LogP contribution in [0.5, 0.6) is 5.75 Å². The third-order valence-corrected chi connectivity index (χ3v) is 4.67. The van der Waals surface area contributed by atoms with Crippen molar-refractivity contribution in [1.29, 1.82) is 0 Å². The van der Waals surface area contributed by atoms with Crippen molar-refractivity contribution in [2.45, 2.75) is 0 Å². The third-order valence-electron chi connectivity index (χ3n) is 3.93. The molecule has 0 bridgehead atoms. The summed E-state index contributed by atoms with van der Waals surface area (Å²) < 4.78 is 5.59. The molecule has 2 N–H and O–H groups in total. The molecule has 0 aromatic heterocycles. The van der Waals surface area contributed by atoms with Gasteiger partial charge in [0.15, 0.2) is 6.61 Å². The van der Waals surface area contributed by atoms with Gasteiger partial charge in [-0.3, -0.25) is 9.59 Å². The second-order valence-corrected chi connectivity index (χ2v) is 7.54. The number of hydrazone groups is 1. The van der Waals surface area contributed by atoms with Crippen LogP contribution in [0.25, 0.3) is 0 Å². The monoisotopic (exact) mass is 475 g/mol. The van der Waals surface area contributed by atoms with Crippen molar-refractivity contribution in [1.82, 2.24) is 5.43 Å². The van der Waals surface area contributed by atoms with Gasteiger partial charge in [0.25, 0.3) is 11.8 Å². The van der Waals surface area contributed by atoms with Gasteiger partial charge in [0.2, 0.25) is 0 Å². The zero-order chi connectivity index (χ0) is 22.2. The predicted molar refractivity (Wildman–Crippen MR) is 124 cm³/mol. The number of nitrogens with zero attached hydrogens (tertiary/aromatic N) is 1. The molecule has 3 aromatic carbocycles. The maximum atomic E-state index is 12.1. The quantitative estimate of drug-likeness (QED) is 0.352. The molecule has 0 aliphatic rings. The van der Waals surface area contributed by atoms with Crippen LogP contribution in [0.4, 0.5) is 5.69 Å². The molecule has 0 atom stereocenters. The lowest BCUT2D eigenvalue weighted by Gasteiger charge is -2.10. The molecule has 2 amide bonds. The molecule has 0 saturated carbocycles. The summed E-state index contributed by atoms with van der Waals surface area (Å²) in [5.41, 5.74) is 3.91. The maximum absolute atomic E-state index is 12.1. The Morgan fingerprint density at radius 1 is 0.871 bits per heavy atom. The highest BCUT2D eigenvalue weighted by Crippen LogP contribution is 2.22. The second kappa shape index (κ2) is 10.8. The van der Waals surface area contributed by atoms with Gasteiger partial charge in [-0.05, 0) is 66.7 Å². The van der Waals surface area contributed by atoms with Crippen molar-refractivity contribution in [2.75, 3.05) is 11.9 Å². The number of hydrogen-bond acceptors (Lipinski definition) is 4. The largest absolute Gasteiger partial charge is 0.483 e. The zero-order valence-electron chi connectivity index (χ0n) is 15.9. The zero-order valence-corrected chi connectivity index (χ0v) is 18.2. The van der Waals surface area contributed by atoms with E-state index < -0.39 is 5.91 Å². The molecule has 0 unspecified atom stereocenters. The van der Waals surface area contributed by atoms with Crippen molar-refractivity contribution < 1.29 is 14.3 Å². The lowest BCUT2D eigenvalue weighted by molar-refractivity contribution is -0.118. The third kappa shape index (κ3) is 7.00. The molecule has 0 aliphatic heterocycles. The number of nitrogens with one attached hydrogen (secondary N) is 2. The van der Waals surface area contributed by atoms with Crippen LogP contribution in [0.1, 0.15) is 15.9 Å². The van der Waals surface area contributed by atoms with E-state index in [1.807, 2.05) is 0 Å². The Morgan fingerprint density at radius 2 is 1.48 bits per heavy atom. The van der Waals surface area contributed by atoms with Crippen molar-refractivity contribution in [2.24, 2.45) is 5.10 Å². The molecule has 3 aromatic rings. The average molecular weight is 477 g/mol. The summed E-state index contributed by atoms with van der Waals surface area (Å²) in [4.78, 5) is 24.3. The van der Waals surface area contributed by atoms with Crippen molar-refractivity contribution >= 4 is 58.5 Å². The van der Waals surface area contributed by atoms with Gasteiger partial charge in [0, 0.05) is 31.9 Å². The van der Waals surface area contributed by atoms with Crippen molar-refractivity contribution in [3.63, 3.8) is 0 Å². The van der Waals surface area contributed by atoms with Gasteiger partial charge in [-0.25, -0.2) is 5.43 Å². The minimum Gasteiger partial charge on any atom is -0.483 e. The Bertz CT molecular complexity index is 1100. The number of rotatable bonds is 7. The van der Waals surface area contributed by atoms with E-state index in [9.17, 15) is 9.59 Å². The minimum absolute atomic E-state index is 0.234. The Hall–Kier alpha value is -3.06. The number of carbonyl (C=O) groups is 2. The first kappa shape index (κ1) is 22.6. The van der Waals surface area contributed by atoms with Gasteiger partial charge in [0.05, 0.1) is 6.21 Å². The van der Waals surface area contributed by atoms with Gasteiger partial charge >= 0.3 is 0 Å². The van der Waals surface area contributed by atoms with Crippen LogP contribution in [0, 0.1) is 0 Å². The lowest BCUT2D eigenvalue weighted by atomic mass is 10.2. The van der Waals surface area contributed by atoms with Crippen molar-refractivity contribution in [3.05, 3.63) is 92.9 Å². The van der Waals surface area contributed by atoms with Crippen LogP contribution in [0.3, 0.4) is 0 Å². The van der Waals surface area contributed by atoms with Crippen molar-refractivity contribution in [3.8, 4) is 5.75 Å². The fourth-order valence-electron chi connectivity index (χ4n) is 2.45. The van der Waals surface area contributed by atoms with Crippen LogP contribution in [0.2, 0.25) is 15.1 Å². The molecular formula is C22H16Cl3N3O3. The molecule has 158 valence electrons. The van der Waals surface area contributed by atoms with E-state index in [4.69, 9.17) is 39.5 Å². The number of hydrogen-bond donors (Lipinski definition) is 2. The summed E-state index contributed by atoms with van der Waals surface area (Å²) in [6.07, 6.45) is 1.38. The predicted octanol–water partition coefficient (Wildman–Crippen LogP) is 5.43. The first-order valence-corrected chi connectivity index (χ1v) is 10.1. The Balaban J connectivity index is 1.61.